The summed E-state index contributed by atoms with van der Waals surface area (Å²) < 4.78 is 0. The van der Waals surface area contributed by atoms with Gasteiger partial charge in [0.2, 0.25) is 0 Å². The highest BCUT2D eigenvalue weighted by Gasteiger charge is 2.17. The van der Waals surface area contributed by atoms with Gasteiger partial charge in [-0.2, -0.15) is 0 Å². The van der Waals surface area contributed by atoms with Crippen LogP contribution in [0.15, 0.2) is 176 Å². The fourth-order valence-electron chi connectivity index (χ4n) is 7.10. The molecule has 0 amide bonds. The van der Waals surface area contributed by atoms with Crippen molar-refractivity contribution in [3.63, 3.8) is 0 Å². The lowest BCUT2D eigenvalue weighted by atomic mass is 9.85. The highest BCUT2D eigenvalue weighted by molar-refractivity contribution is 6.22. The zero-order chi connectivity index (χ0) is 32.5. The second-order valence-corrected chi connectivity index (χ2v) is 12.5. The average Bonchev–Trinajstić information content (AvgIpc) is 3.15. The molecule has 0 atom stereocenters. The van der Waals surface area contributed by atoms with Gasteiger partial charge in [-0.25, -0.2) is 0 Å². The molecule has 0 aliphatic carbocycles. The minimum Gasteiger partial charge on any atom is -0.0798 e. The first kappa shape index (κ1) is 29.4. The summed E-state index contributed by atoms with van der Waals surface area (Å²) in [4.78, 5) is 0. The Balaban J connectivity index is 1.25. The van der Waals surface area contributed by atoms with Crippen molar-refractivity contribution in [3.05, 3.63) is 193 Å². The third kappa shape index (κ3) is 5.42. The Morgan fingerprint density at radius 1 is 0.458 bits per heavy atom. The first-order valence-electron chi connectivity index (χ1n) is 16.7. The monoisotopic (exact) mass is 612 g/mol. The molecule has 0 unspecified atom stereocenters. The van der Waals surface area contributed by atoms with Crippen LogP contribution in [0.5, 0.6) is 0 Å². The predicted octanol–water partition coefficient (Wildman–Crippen LogP) is 13.6. The molecule has 228 valence electrons. The normalized spacial score (nSPS) is 12.0. The third-order valence-electron chi connectivity index (χ3n) is 9.54. The van der Waals surface area contributed by atoms with E-state index >= 15 is 0 Å². The molecule has 0 aliphatic heterocycles. The summed E-state index contributed by atoms with van der Waals surface area (Å²) in [5.74, 6) is 0. The number of benzene rings is 8. The van der Waals surface area contributed by atoms with Gasteiger partial charge in [-0.1, -0.05) is 182 Å². The van der Waals surface area contributed by atoms with Gasteiger partial charge in [0.1, 0.15) is 0 Å². The summed E-state index contributed by atoms with van der Waals surface area (Å²) in [5.41, 5.74) is 12.4. The standard InChI is InChI=1S/C48H36/c1-3-35(25-22-34-12-5-4-6-13-34)36-26-28-38(29-27-36)41-19-11-14-37-30-31-40(32-46(37)41)48-44-17-9-7-15-42(44)47(39-23-20-33(2)21-24-39)43-16-8-10-18-45(43)48/h3-32H,1-2H3/b25-22-,35-3+. The van der Waals surface area contributed by atoms with E-state index in [4.69, 9.17) is 0 Å². The van der Waals surface area contributed by atoms with Gasteiger partial charge in [0, 0.05) is 0 Å². The number of aryl methyl sites for hydroxylation is 1. The summed E-state index contributed by atoms with van der Waals surface area (Å²) >= 11 is 0. The summed E-state index contributed by atoms with van der Waals surface area (Å²) in [6.07, 6.45) is 6.56. The Kier molecular flexibility index (Phi) is 7.76. The van der Waals surface area contributed by atoms with E-state index < -0.39 is 0 Å². The van der Waals surface area contributed by atoms with Crippen molar-refractivity contribution in [1.82, 2.24) is 0 Å². The van der Waals surface area contributed by atoms with Crippen molar-refractivity contribution >= 4 is 44.0 Å². The number of hydrogen-bond donors (Lipinski definition) is 0. The van der Waals surface area contributed by atoms with Crippen LogP contribution in [-0.2, 0) is 0 Å². The van der Waals surface area contributed by atoms with Crippen LogP contribution in [0.2, 0.25) is 0 Å². The molecular weight excluding hydrogens is 577 g/mol. The Bertz CT molecular complexity index is 2420. The van der Waals surface area contributed by atoms with Crippen LogP contribution in [0.4, 0.5) is 0 Å². The van der Waals surface area contributed by atoms with Crippen molar-refractivity contribution in [1.29, 1.82) is 0 Å². The second-order valence-electron chi connectivity index (χ2n) is 12.5. The van der Waals surface area contributed by atoms with Gasteiger partial charge in [-0.15, -0.1) is 0 Å². The van der Waals surface area contributed by atoms with E-state index in [1.54, 1.807) is 0 Å². The van der Waals surface area contributed by atoms with E-state index in [2.05, 4.69) is 196 Å². The largest absolute Gasteiger partial charge is 0.0798 e. The maximum atomic E-state index is 2.40. The van der Waals surface area contributed by atoms with Crippen molar-refractivity contribution in [3.8, 4) is 33.4 Å². The maximum absolute atomic E-state index is 2.40. The lowest BCUT2D eigenvalue weighted by molar-refractivity contribution is 1.47. The second kappa shape index (κ2) is 12.7. The molecule has 0 radical (unpaired) electrons. The van der Waals surface area contributed by atoms with E-state index in [1.165, 1.54) is 88.0 Å². The molecule has 0 saturated carbocycles. The predicted molar refractivity (Wildman–Crippen MR) is 209 cm³/mol. The highest BCUT2D eigenvalue weighted by Crippen LogP contribution is 2.44. The molecular formula is C48H36. The molecule has 0 nitrogen and oxygen atoms in total. The number of hydrogen-bond acceptors (Lipinski definition) is 0. The van der Waals surface area contributed by atoms with Crippen molar-refractivity contribution in [2.75, 3.05) is 0 Å². The van der Waals surface area contributed by atoms with E-state index in [0.717, 1.165) is 0 Å². The third-order valence-corrected chi connectivity index (χ3v) is 9.54. The topological polar surface area (TPSA) is 0 Å². The minimum absolute atomic E-state index is 1.20. The Morgan fingerprint density at radius 2 is 1.02 bits per heavy atom. The van der Waals surface area contributed by atoms with Crippen LogP contribution in [0.1, 0.15) is 23.6 Å². The molecule has 0 heterocycles. The maximum Gasteiger partial charge on any atom is -0.00261 e. The van der Waals surface area contributed by atoms with Gasteiger partial charge in [0.25, 0.3) is 0 Å². The SMILES string of the molecule is C/C=C(\C=C/c1ccccc1)c1ccc(-c2cccc3ccc(-c4c5ccccc5c(-c5ccc(C)cc5)c5ccccc45)cc23)cc1. The molecule has 0 bridgehead atoms. The fourth-order valence-corrected chi connectivity index (χ4v) is 7.10. The van der Waals surface area contributed by atoms with Gasteiger partial charge in [-0.3, -0.25) is 0 Å². The van der Waals surface area contributed by atoms with E-state index in [9.17, 15) is 0 Å². The summed E-state index contributed by atoms with van der Waals surface area (Å²) in [7, 11) is 0. The molecule has 0 fully saturated rings. The van der Waals surface area contributed by atoms with E-state index in [0.29, 0.717) is 0 Å². The molecule has 0 aromatic heterocycles. The van der Waals surface area contributed by atoms with Gasteiger partial charge >= 0.3 is 0 Å². The average molecular weight is 613 g/mol. The van der Waals surface area contributed by atoms with Crippen LogP contribution in [0, 0.1) is 6.92 Å². The lowest BCUT2D eigenvalue weighted by Crippen LogP contribution is -1.91. The lowest BCUT2D eigenvalue weighted by Gasteiger charge is -2.18. The first-order chi connectivity index (χ1) is 23.7. The smallest absolute Gasteiger partial charge is 0.00261 e. The Morgan fingerprint density at radius 3 is 1.65 bits per heavy atom. The van der Waals surface area contributed by atoms with Crippen LogP contribution in [0.25, 0.3) is 77.3 Å². The molecule has 8 aromatic carbocycles. The van der Waals surface area contributed by atoms with Gasteiger partial charge in [0.15, 0.2) is 0 Å². The van der Waals surface area contributed by atoms with Crippen molar-refractivity contribution in [2.24, 2.45) is 0 Å². The highest BCUT2D eigenvalue weighted by atomic mass is 14.2. The molecule has 0 spiro atoms. The molecule has 0 heteroatoms. The molecule has 0 N–H and O–H groups in total. The summed E-state index contributed by atoms with van der Waals surface area (Å²) in [5, 5.41) is 7.60. The molecule has 48 heavy (non-hydrogen) atoms. The van der Waals surface area contributed by atoms with Gasteiger partial charge < -0.3 is 0 Å². The molecule has 0 saturated heterocycles. The number of rotatable bonds is 6. The molecule has 0 aliphatic rings. The van der Waals surface area contributed by atoms with E-state index in [1.807, 2.05) is 0 Å². The quantitative estimate of drug-likeness (QED) is 0.129. The Labute approximate surface area is 283 Å². The number of fused-ring (bicyclic) bond motifs is 3. The minimum atomic E-state index is 1.20. The zero-order valence-electron chi connectivity index (χ0n) is 27.3. The molecule has 8 rings (SSSR count). The zero-order valence-corrected chi connectivity index (χ0v) is 27.3. The van der Waals surface area contributed by atoms with E-state index in [-0.39, 0.29) is 0 Å². The van der Waals surface area contributed by atoms with Gasteiger partial charge in [-0.05, 0) is 102 Å². The van der Waals surface area contributed by atoms with Crippen LogP contribution < -0.4 is 0 Å². The summed E-state index contributed by atoms with van der Waals surface area (Å²) in [6.45, 7) is 4.25. The summed E-state index contributed by atoms with van der Waals surface area (Å²) in [6, 6.07) is 59.8. The van der Waals surface area contributed by atoms with Gasteiger partial charge in [0.05, 0.1) is 0 Å². The number of allylic oxidation sites excluding steroid dienone is 3. The van der Waals surface area contributed by atoms with Crippen molar-refractivity contribution in [2.45, 2.75) is 13.8 Å². The first-order valence-corrected chi connectivity index (χ1v) is 16.7. The van der Waals surface area contributed by atoms with Crippen molar-refractivity contribution < 1.29 is 0 Å². The van der Waals surface area contributed by atoms with Crippen LogP contribution >= 0.6 is 0 Å². The Hall–Kier alpha value is -5.98. The van der Waals surface area contributed by atoms with Crippen LogP contribution in [0.3, 0.4) is 0 Å². The molecule has 8 aromatic rings. The van der Waals surface area contributed by atoms with Crippen LogP contribution in [-0.4, -0.2) is 0 Å². The fraction of sp³-hybridized carbons (Fsp3) is 0.0417.